The Morgan fingerprint density at radius 1 is 1.00 bits per heavy atom. The zero-order valence-electron chi connectivity index (χ0n) is 12.0. The lowest BCUT2D eigenvalue weighted by Gasteiger charge is -2.21. The molecule has 2 aromatic rings. The first-order valence-electron chi connectivity index (χ1n) is 7.43. The first-order valence-corrected chi connectivity index (χ1v) is 9.19. The van der Waals surface area contributed by atoms with E-state index in [1.165, 1.54) is 12.8 Å². The second-order valence-electron chi connectivity index (χ2n) is 5.26. The Labute approximate surface area is 133 Å². The molecule has 0 atom stereocenters. The minimum atomic E-state index is 0.188. The van der Waals surface area contributed by atoms with Crippen molar-refractivity contribution in [2.24, 2.45) is 0 Å². The first-order chi connectivity index (χ1) is 10.3. The second-order valence-corrected chi connectivity index (χ2v) is 7.18. The van der Waals surface area contributed by atoms with Crippen molar-refractivity contribution in [2.75, 3.05) is 13.1 Å². The quantitative estimate of drug-likeness (QED) is 0.748. The number of carbonyl (C=O) groups excluding carboxylic acids is 1. The molecule has 1 fully saturated rings. The van der Waals surface area contributed by atoms with E-state index in [-0.39, 0.29) is 5.91 Å². The smallest absolute Gasteiger partial charge is 0.255 e. The summed E-state index contributed by atoms with van der Waals surface area (Å²) in [7, 11) is 0. The van der Waals surface area contributed by atoms with Gasteiger partial charge in [0, 0.05) is 22.8 Å². The van der Waals surface area contributed by atoms with E-state index in [4.69, 9.17) is 0 Å². The van der Waals surface area contributed by atoms with Crippen molar-refractivity contribution >= 4 is 40.2 Å². The molecule has 4 heteroatoms. The Kier molecular flexibility index (Phi) is 4.88. The van der Waals surface area contributed by atoms with Gasteiger partial charge in [0.1, 0.15) is 0 Å². The number of amides is 1. The predicted molar refractivity (Wildman–Crippen MR) is 91.6 cm³/mol. The molecule has 0 saturated carbocycles. The number of hydrogen-bond donors (Lipinski definition) is 0. The predicted octanol–water partition coefficient (Wildman–Crippen LogP) is 4.75. The molecule has 2 nitrogen and oxygen atoms in total. The molecule has 110 valence electrons. The van der Waals surface area contributed by atoms with Crippen molar-refractivity contribution in [1.29, 1.82) is 0 Å². The molecule has 1 saturated heterocycles. The van der Waals surface area contributed by atoms with Crippen molar-refractivity contribution in [2.45, 2.75) is 25.7 Å². The average molecular weight is 317 g/mol. The van der Waals surface area contributed by atoms with Gasteiger partial charge < -0.3 is 4.90 Å². The Balaban J connectivity index is 1.89. The van der Waals surface area contributed by atoms with Gasteiger partial charge in [0.05, 0.1) is 5.57 Å². The Morgan fingerprint density at radius 2 is 1.71 bits per heavy atom. The number of nitrogens with zero attached hydrogens (tertiary/aromatic N) is 1. The van der Waals surface area contributed by atoms with E-state index < -0.39 is 0 Å². The standard InChI is InChI=1S/C17H19NOS2/c19-17(18-9-3-1-2-4-10-18)15(16-8-6-12-21-16)13-14-7-5-11-20-14/h5-8,11-13H,1-4,9-10H2/b15-13-. The van der Waals surface area contributed by atoms with Crippen molar-refractivity contribution < 1.29 is 4.79 Å². The molecular formula is C17H19NOS2. The van der Waals surface area contributed by atoms with Gasteiger partial charge in [-0.15, -0.1) is 22.7 Å². The molecule has 3 rings (SSSR count). The fourth-order valence-electron chi connectivity index (χ4n) is 2.63. The van der Waals surface area contributed by atoms with Gasteiger partial charge in [-0.1, -0.05) is 25.0 Å². The van der Waals surface area contributed by atoms with Crippen LogP contribution in [0.1, 0.15) is 35.4 Å². The van der Waals surface area contributed by atoms with Gasteiger partial charge >= 0.3 is 0 Å². The summed E-state index contributed by atoms with van der Waals surface area (Å²) in [4.78, 5) is 17.2. The highest BCUT2D eigenvalue weighted by atomic mass is 32.1. The molecule has 0 spiro atoms. The van der Waals surface area contributed by atoms with Gasteiger partial charge in [-0.05, 0) is 41.8 Å². The fraction of sp³-hybridized carbons (Fsp3) is 0.353. The summed E-state index contributed by atoms with van der Waals surface area (Å²) in [6.07, 6.45) is 6.79. The van der Waals surface area contributed by atoms with Crippen LogP contribution in [0.3, 0.4) is 0 Å². The van der Waals surface area contributed by atoms with E-state index >= 15 is 0 Å². The van der Waals surface area contributed by atoms with Crippen LogP contribution in [0.15, 0.2) is 35.0 Å². The highest BCUT2D eigenvalue weighted by Gasteiger charge is 2.21. The summed E-state index contributed by atoms with van der Waals surface area (Å²) < 4.78 is 0. The molecule has 21 heavy (non-hydrogen) atoms. The summed E-state index contributed by atoms with van der Waals surface area (Å²) in [6.45, 7) is 1.79. The van der Waals surface area contributed by atoms with Gasteiger partial charge in [0.15, 0.2) is 0 Å². The molecule has 1 aliphatic rings. The molecule has 0 N–H and O–H groups in total. The normalized spacial score (nSPS) is 16.8. The topological polar surface area (TPSA) is 20.3 Å². The zero-order chi connectivity index (χ0) is 14.5. The van der Waals surface area contributed by atoms with E-state index in [1.807, 2.05) is 39.9 Å². The number of carbonyl (C=O) groups is 1. The summed E-state index contributed by atoms with van der Waals surface area (Å²) in [5.74, 6) is 0.188. The maximum atomic E-state index is 12.9. The minimum absolute atomic E-state index is 0.188. The van der Waals surface area contributed by atoms with E-state index in [0.717, 1.165) is 41.3 Å². The van der Waals surface area contributed by atoms with E-state index in [0.29, 0.717) is 0 Å². The lowest BCUT2D eigenvalue weighted by molar-refractivity contribution is -0.124. The molecule has 2 aromatic heterocycles. The van der Waals surface area contributed by atoms with Gasteiger partial charge in [0.25, 0.3) is 5.91 Å². The Hall–Kier alpha value is -1.39. The van der Waals surface area contributed by atoms with Crippen LogP contribution in [0, 0.1) is 0 Å². The summed E-state index contributed by atoms with van der Waals surface area (Å²) >= 11 is 3.31. The van der Waals surface area contributed by atoms with Crippen molar-refractivity contribution in [3.63, 3.8) is 0 Å². The SMILES string of the molecule is O=C(/C(=C\c1cccs1)c1cccs1)N1CCCCCC1. The minimum Gasteiger partial charge on any atom is -0.339 e. The summed E-state index contributed by atoms with van der Waals surface area (Å²) in [5.41, 5.74) is 0.842. The zero-order valence-corrected chi connectivity index (χ0v) is 13.6. The van der Waals surface area contributed by atoms with E-state index in [1.54, 1.807) is 22.7 Å². The monoisotopic (exact) mass is 317 g/mol. The fourth-order valence-corrected chi connectivity index (χ4v) is 4.02. The van der Waals surface area contributed by atoms with Gasteiger partial charge in [0.2, 0.25) is 0 Å². The van der Waals surface area contributed by atoms with Crippen LogP contribution < -0.4 is 0 Å². The molecule has 1 amide bonds. The van der Waals surface area contributed by atoms with Crippen LogP contribution in [-0.4, -0.2) is 23.9 Å². The van der Waals surface area contributed by atoms with Crippen LogP contribution in [0.2, 0.25) is 0 Å². The van der Waals surface area contributed by atoms with E-state index in [9.17, 15) is 4.79 Å². The van der Waals surface area contributed by atoms with Crippen LogP contribution in [-0.2, 0) is 4.79 Å². The van der Waals surface area contributed by atoms with Crippen LogP contribution in [0.4, 0.5) is 0 Å². The molecule has 0 aromatic carbocycles. The van der Waals surface area contributed by atoms with Crippen molar-refractivity contribution in [3.8, 4) is 0 Å². The lowest BCUT2D eigenvalue weighted by Crippen LogP contribution is -2.32. The third kappa shape index (κ3) is 3.63. The summed E-state index contributed by atoms with van der Waals surface area (Å²) in [5, 5.41) is 4.08. The molecular weight excluding hydrogens is 298 g/mol. The van der Waals surface area contributed by atoms with E-state index in [2.05, 4.69) is 6.07 Å². The average Bonchev–Trinajstić information content (AvgIpc) is 3.13. The third-order valence-corrected chi connectivity index (χ3v) is 5.46. The molecule has 0 radical (unpaired) electrons. The molecule has 0 unspecified atom stereocenters. The first kappa shape index (κ1) is 14.5. The van der Waals surface area contributed by atoms with Crippen LogP contribution in [0.25, 0.3) is 11.6 Å². The van der Waals surface area contributed by atoms with Crippen molar-refractivity contribution in [3.05, 3.63) is 44.8 Å². The number of hydrogen-bond acceptors (Lipinski definition) is 3. The molecule has 0 bridgehead atoms. The number of thiophene rings is 2. The van der Waals surface area contributed by atoms with Crippen LogP contribution in [0.5, 0.6) is 0 Å². The second kappa shape index (κ2) is 7.05. The van der Waals surface area contributed by atoms with Crippen LogP contribution >= 0.6 is 22.7 Å². The highest BCUT2D eigenvalue weighted by Crippen LogP contribution is 2.27. The van der Waals surface area contributed by atoms with Gasteiger partial charge in [-0.2, -0.15) is 0 Å². The lowest BCUT2D eigenvalue weighted by atomic mass is 10.1. The number of rotatable bonds is 3. The molecule has 3 heterocycles. The van der Waals surface area contributed by atoms with Gasteiger partial charge in [-0.3, -0.25) is 4.79 Å². The molecule has 1 aliphatic heterocycles. The largest absolute Gasteiger partial charge is 0.339 e. The Morgan fingerprint density at radius 3 is 2.33 bits per heavy atom. The number of likely N-dealkylation sites (tertiary alicyclic amines) is 1. The highest BCUT2D eigenvalue weighted by molar-refractivity contribution is 7.12. The Bertz CT molecular complexity index is 591. The van der Waals surface area contributed by atoms with Gasteiger partial charge in [-0.25, -0.2) is 0 Å². The maximum Gasteiger partial charge on any atom is 0.255 e. The maximum absolute atomic E-state index is 12.9. The third-order valence-electron chi connectivity index (χ3n) is 3.74. The van der Waals surface area contributed by atoms with Crippen molar-refractivity contribution in [1.82, 2.24) is 4.90 Å². The summed E-state index contributed by atoms with van der Waals surface area (Å²) in [6, 6.07) is 8.14. The molecule has 0 aliphatic carbocycles.